The van der Waals surface area contributed by atoms with E-state index in [9.17, 15) is 14.4 Å². The standard InChI is InChI=1S/C20H18N2O4/c1-3-26-17-7-5-4-6-14(17)12-16-18(23)21-20(25)22(19(16)24)15-10-8-13(2)9-11-15/h4-12H,3H2,1-2H3,(H,21,23,25)/b16-12+. The SMILES string of the molecule is CCOc1ccccc1/C=C1\C(=O)NC(=O)N(c2ccc(C)cc2)C1=O. The molecule has 1 heterocycles. The number of carbonyl (C=O) groups is 3. The summed E-state index contributed by atoms with van der Waals surface area (Å²) in [4.78, 5) is 38.2. The fourth-order valence-electron chi connectivity index (χ4n) is 2.63. The number of nitrogens with one attached hydrogen (secondary N) is 1. The fourth-order valence-corrected chi connectivity index (χ4v) is 2.63. The molecule has 132 valence electrons. The van der Waals surface area contributed by atoms with Gasteiger partial charge in [0.25, 0.3) is 11.8 Å². The first-order chi connectivity index (χ1) is 12.5. The molecule has 0 unspecified atom stereocenters. The minimum atomic E-state index is -0.765. The van der Waals surface area contributed by atoms with E-state index in [-0.39, 0.29) is 5.57 Å². The average Bonchev–Trinajstić information content (AvgIpc) is 2.61. The van der Waals surface area contributed by atoms with Gasteiger partial charge in [0.1, 0.15) is 11.3 Å². The highest BCUT2D eigenvalue weighted by molar-refractivity contribution is 6.39. The Morgan fingerprint density at radius 1 is 1.04 bits per heavy atom. The van der Waals surface area contributed by atoms with Crippen LogP contribution in [0.1, 0.15) is 18.1 Å². The largest absolute Gasteiger partial charge is 0.493 e. The Labute approximate surface area is 151 Å². The molecule has 0 aromatic heterocycles. The second-order valence-electron chi connectivity index (χ2n) is 5.76. The lowest BCUT2D eigenvalue weighted by molar-refractivity contribution is -0.122. The van der Waals surface area contributed by atoms with Gasteiger partial charge < -0.3 is 4.74 Å². The van der Waals surface area contributed by atoms with Gasteiger partial charge in [-0.1, -0.05) is 35.9 Å². The van der Waals surface area contributed by atoms with Crippen LogP contribution in [0.5, 0.6) is 5.75 Å². The number of anilines is 1. The molecule has 1 fully saturated rings. The molecule has 0 radical (unpaired) electrons. The number of para-hydroxylation sites is 1. The minimum absolute atomic E-state index is 0.127. The smallest absolute Gasteiger partial charge is 0.335 e. The Morgan fingerprint density at radius 3 is 2.42 bits per heavy atom. The molecular weight excluding hydrogens is 332 g/mol. The van der Waals surface area contributed by atoms with Crippen molar-refractivity contribution >= 4 is 29.6 Å². The Bertz CT molecular complexity index is 900. The van der Waals surface area contributed by atoms with Gasteiger partial charge in [-0.05, 0) is 38.1 Å². The fraction of sp³-hybridized carbons (Fsp3) is 0.150. The lowest BCUT2D eigenvalue weighted by Crippen LogP contribution is -2.54. The second kappa shape index (κ2) is 7.23. The van der Waals surface area contributed by atoms with Crippen molar-refractivity contribution in [3.8, 4) is 5.75 Å². The van der Waals surface area contributed by atoms with Crippen LogP contribution in [0.4, 0.5) is 10.5 Å². The van der Waals surface area contributed by atoms with Gasteiger partial charge >= 0.3 is 6.03 Å². The molecule has 0 bridgehead atoms. The van der Waals surface area contributed by atoms with E-state index < -0.39 is 17.8 Å². The van der Waals surface area contributed by atoms with Gasteiger partial charge in [0.2, 0.25) is 0 Å². The van der Waals surface area contributed by atoms with Crippen LogP contribution < -0.4 is 15.0 Å². The molecule has 2 aromatic carbocycles. The molecule has 0 spiro atoms. The van der Waals surface area contributed by atoms with Crippen LogP contribution in [0.25, 0.3) is 6.08 Å². The van der Waals surface area contributed by atoms with Crippen LogP contribution in [0.3, 0.4) is 0 Å². The molecule has 3 rings (SSSR count). The monoisotopic (exact) mass is 350 g/mol. The van der Waals surface area contributed by atoms with Gasteiger partial charge in [-0.3, -0.25) is 14.9 Å². The van der Waals surface area contributed by atoms with Crippen LogP contribution in [0.15, 0.2) is 54.1 Å². The Balaban J connectivity index is 2.02. The van der Waals surface area contributed by atoms with Crippen molar-refractivity contribution in [2.45, 2.75) is 13.8 Å². The van der Waals surface area contributed by atoms with E-state index in [0.717, 1.165) is 10.5 Å². The number of amides is 4. The minimum Gasteiger partial charge on any atom is -0.493 e. The number of carbonyl (C=O) groups excluding carboxylic acids is 3. The molecule has 1 aliphatic rings. The Kier molecular flexibility index (Phi) is 4.84. The lowest BCUT2D eigenvalue weighted by Gasteiger charge is -2.26. The van der Waals surface area contributed by atoms with E-state index in [2.05, 4.69) is 5.32 Å². The molecular formula is C20H18N2O4. The highest BCUT2D eigenvalue weighted by atomic mass is 16.5. The van der Waals surface area contributed by atoms with Gasteiger partial charge in [0.05, 0.1) is 12.3 Å². The number of urea groups is 1. The van der Waals surface area contributed by atoms with Gasteiger partial charge in [0.15, 0.2) is 0 Å². The third kappa shape index (κ3) is 3.35. The van der Waals surface area contributed by atoms with E-state index in [1.54, 1.807) is 48.5 Å². The summed E-state index contributed by atoms with van der Waals surface area (Å²) < 4.78 is 5.53. The number of barbiturate groups is 1. The summed E-state index contributed by atoms with van der Waals surface area (Å²) in [5, 5.41) is 2.21. The van der Waals surface area contributed by atoms with Gasteiger partial charge in [-0.2, -0.15) is 0 Å². The zero-order valence-electron chi connectivity index (χ0n) is 14.5. The third-order valence-electron chi connectivity index (χ3n) is 3.91. The summed E-state index contributed by atoms with van der Waals surface area (Å²) in [6.45, 7) is 4.20. The number of rotatable bonds is 4. The van der Waals surface area contributed by atoms with Crippen LogP contribution in [-0.2, 0) is 9.59 Å². The number of hydrogen-bond donors (Lipinski definition) is 1. The highest BCUT2D eigenvalue weighted by Gasteiger charge is 2.36. The van der Waals surface area contributed by atoms with Gasteiger partial charge in [-0.25, -0.2) is 9.69 Å². The molecule has 2 aromatic rings. The quantitative estimate of drug-likeness (QED) is 0.679. The summed E-state index contributed by atoms with van der Waals surface area (Å²) in [5.74, 6) is -0.842. The zero-order chi connectivity index (χ0) is 18.7. The van der Waals surface area contributed by atoms with Crippen LogP contribution in [0, 0.1) is 6.92 Å². The summed E-state index contributed by atoms with van der Waals surface area (Å²) in [7, 11) is 0. The topological polar surface area (TPSA) is 75.7 Å². The van der Waals surface area contributed by atoms with E-state index in [1.807, 2.05) is 13.8 Å². The highest BCUT2D eigenvalue weighted by Crippen LogP contribution is 2.25. The van der Waals surface area contributed by atoms with Crippen molar-refractivity contribution in [1.82, 2.24) is 5.32 Å². The molecule has 0 aliphatic carbocycles. The predicted octanol–water partition coefficient (Wildman–Crippen LogP) is 3.06. The number of ether oxygens (including phenoxy) is 1. The molecule has 4 amide bonds. The molecule has 6 heteroatoms. The maximum Gasteiger partial charge on any atom is 0.335 e. The molecule has 0 atom stereocenters. The maximum atomic E-state index is 12.8. The first kappa shape index (κ1) is 17.4. The summed E-state index contributed by atoms with van der Waals surface area (Å²) in [6.07, 6.45) is 1.44. The second-order valence-corrected chi connectivity index (χ2v) is 5.76. The number of imide groups is 2. The average molecular weight is 350 g/mol. The van der Waals surface area contributed by atoms with Crippen LogP contribution in [0.2, 0.25) is 0 Å². The lowest BCUT2D eigenvalue weighted by atomic mass is 10.1. The molecule has 1 saturated heterocycles. The molecule has 0 saturated carbocycles. The van der Waals surface area contributed by atoms with Gasteiger partial charge in [-0.15, -0.1) is 0 Å². The molecule has 26 heavy (non-hydrogen) atoms. The number of aryl methyl sites for hydroxylation is 1. The molecule has 1 N–H and O–H groups in total. The first-order valence-corrected chi connectivity index (χ1v) is 8.21. The van der Waals surface area contributed by atoms with Crippen molar-refractivity contribution in [1.29, 1.82) is 0 Å². The van der Waals surface area contributed by atoms with Crippen molar-refractivity contribution < 1.29 is 19.1 Å². The van der Waals surface area contributed by atoms with E-state index >= 15 is 0 Å². The van der Waals surface area contributed by atoms with Gasteiger partial charge in [0, 0.05) is 5.56 Å². The predicted molar refractivity (Wildman–Crippen MR) is 97.8 cm³/mol. The molecule has 6 nitrogen and oxygen atoms in total. The number of hydrogen-bond acceptors (Lipinski definition) is 4. The Hall–Kier alpha value is -3.41. The van der Waals surface area contributed by atoms with Crippen LogP contribution in [-0.4, -0.2) is 24.5 Å². The van der Waals surface area contributed by atoms with Crippen molar-refractivity contribution in [3.05, 3.63) is 65.2 Å². The Morgan fingerprint density at radius 2 is 1.73 bits per heavy atom. The van der Waals surface area contributed by atoms with E-state index in [1.165, 1.54) is 6.08 Å². The summed E-state index contributed by atoms with van der Waals surface area (Å²) >= 11 is 0. The summed E-state index contributed by atoms with van der Waals surface area (Å²) in [5.41, 5.74) is 1.86. The first-order valence-electron chi connectivity index (χ1n) is 8.21. The van der Waals surface area contributed by atoms with E-state index in [4.69, 9.17) is 4.74 Å². The number of benzene rings is 2. The van der Waals surface area contributed by atoms with E-state index in [0.29, 0.717) is 23.6 Å². The van der Waals surface area contributed by atoms with Crippen LogP contribution >= 0.6 is 0 Å². The summed E-state index contributed by atoms with van der Waals surface area (Å²) in [6, 6.07) is 13.2. The van der Waals surface area contributed by atoms with Crippen molar-refractivity contribution in [2.24, 2.45) is 0 Å². The zero-order valence-corrected chi connectivity index (χ0v) is 14.5. The van der Waals surface area contributed by atoms with Crippen molar-refractivity contribution in [3.63, 3.8) is 0 Å². The maximum absolute atomic E-state index is 12.8. The molecule has 1 aliphatic heterocycles. The normalized spacial score (nSPS) is 16.0. The van der Waals surface area contributed by atoms with Crippen molar-refractivity contribution in [2.75, 3.05) is 11.5 Å². The third-order valence-corrected chi connectivity index (χ3v) is 3.91. The number of nitrogens with zero attached hydrogens (tertiary/aromatic N) is 1.